The number of imide groups is 1. The summed E-state index contributed by atoms with van der Waals surface area (Å²) in [7, 11) is 0. The third kappa shape index (κ3) is 6.93. The topological polar surface area (TPSA) is 125 Å². The molecule has 2 unspecified atom stereocenters. The maximum absolute atomic E-state index is 14.3. The van der Waals surface area contributed by atoms with Crippen molar-refractivity contribution in [2.45, 2.75) is 95.7 Å². The Kier molecular flexibility index (Phi) is 9.68. The summed E-state index contributed by atoms with van der Waals surface area (Å²) >= 11 is 6.15. The molecule has 1 saturated carbocycles. The van der Waals surface area contributed by atoms with Gasteiger partial charge in [-0.15, -0.1) is 0 Å². The van der Waals surface area contributed by atoms with Gasteiger partial charge in [0.05, 0.1) is 5.92 Å². The number of aryl methyl sites for hydroxylation is 1. The van der Waals surface area contributed by atoms with E-state index in [0.717, 1.165) is 43.2 Å². The number of amides is 5. The van der Waals surface area contributed by atoms with E-state index < -0.39 is 23.5 Å². The summed E-state index contributed by atoms with van der Waals surface area (Å²) in [6, 6.07) is 13.8. The Morgan fingerprint density at radius 2 is 1.68 bits per heavy atom. The molecule has 10 heteroatoms. The average Bonchev–Trinajstić information content (AvgIpc) is 3.27. The van der Waals surface area contributed by atoms with Gasteiger partial charge in [-0.3, -0.25) is 19.3 Å². The molecule has 3 fully saturated rings. The predicted octanol–water partition coefficient (Wildman–Crippen LogP) is 5.15. The first-order valence-electron chi connectivity index (χ1n) is 17.3. The molecule has 4 aliphatic rings. The lowest BCUT2D eigenvalue weighted by atomic mass is 9.63. The number of piperidine rings is 1. The SMILES string of the molecule is CC1(C)NC(=O)N(CC2(C3CCCCC3)CCN(C(=O)[C@@H](Cc3ccc(Cl)cc3)NC(=O)C3CCc4ccccc4C3N)CC2)C1=O. The summed E-state index contributed by atoms with van der Waals surface area (Å²) in [5.74, 6) is -0.553. The van der Waals surface area contributed by atoms with Gasteiger partial charge in [0, 0.05) is 37.1 Å². The Balaban J connectivity index is 1.20. The molecule has 0 bridgehead atoms. The minimum absolute atomic E-state index is 0.119. The van der Waals surface area contributed by atoms with E-state index in [1.807, 2.05) is 35.2 Å². The lowest BCUT2D eigenvalue weighted by Crippen LogP contribution is -2.57. The summed E-state index contributed by atoms with van der Waals surface area (Å²) < 4.78 is 0. The summed E-state index contributed by atoms with van der Waals surface area (Å²) in [4.78, 5) is 57.6. The highest BCUT2D eigenvalue weighted by molar-refractivity contribution is 6.30. The molecule has 4 N–H and O–H groups in total. The molecule has 2 aliphatic carbocycles. The van der Waals surface area contributed by atoms with E-state index in [2.05, 4.69) is 16.7 Å². The Morgan fingerprint density at radius 3 is 2.34 bits per heavy atom. The summed E-state index contributed by atoms with van der Waals surface area (Å²) in [5.41, 5.74) is 8.53. The first-order chi connectivity index (χ1) is 22.5. The van der Waals surface area contributed by atoms with Crippen molar-refractivity contribution in [3.05, 3.63) is 70.2 Å². The van der Waals surface area contributed by atoms with Gasteiger partial charge in [0.1, 0.15) is 11.6 Å². The molecule has 0 radical (unpaired) electrons. The van der Waals surface area contributed by atoms with E-state index in [0.29, 0.717) is 56.3 Å². The normalized spacial score (nSPS) is 24.8. The lowest BCUT2D eigenvalue weighted by molar-refractivity contribution is -0.141. The van der Waals surface area contributed by atoms with E-state index in [1.54, 1.807) is 26.0 Å². The van der Waals surface area contributed by atoms with Crippen LogP contribution in [0.2, 0.25) is 5.02 Å². The zero-order valence-electron chi connectivity index (χ0n) is 27.6. The van der Waals surface area contributed by atoms with Gasteiger partial charge in [0.25, 0.3) is 5.91 Å². The smallest absolute Gasteiger partial charge is 0.325 e. The minimum Gasteiger partial charge on any atom is -0.344 e. The van der Waals surface area contributed by atoms with Crippen LogP contribution in [0.25, 0.3) is 0 Å². The molecule has 0 aromatic heterocycles. The second-order valence-electron chi connectivity index (χ2n) is 14.7. The van der Waals surface area contributed by atoms with Gasteiger partial charge in [-0.05, 0) is 92.5 Å². The van der Waals surface area contributed by atoms with E-state index in [9.17, 15) is 19.2 Å². The lowest BCUT2D eigenvalue weighted by Gasteiger charge is -2.49. The predicted molar refractivity (Wildman–Crippen MR) is 181 cm³/mol. The third-order valence-electron chi connectivity index (χ3n) is 11.3. The van der Waals surface area contributed by atoms with Gasteiger partial charge in [0.15, 0.2) is 0 Å². The highest BCUT2D eigenvalue weighted by Crippen LogP contribution is 2.47. The van der Waals surface area contributed by atoms with E-state index in [4.69, 9.17) is 17.3 Å². The van der Waals surface area contributed by atoms with Gasteiger partial charge in [-0.25, -0.2) is 4.79 Å². The fourth-order valence-electron chi connectivity index (χ4n) is 8.50. The number of nitrogens with zero attached hydrogens (tertiary/aromatic N) is 2. The van der Waals surface area contributed by atoms with Crippen LogP contribution in [0.5, 0.6) is 0 Å². The molecular weight excluding hydrogens is 614 g/mol. The number of likely N-dealkylation sites (tertiary alicyclic amines) is 1. The molecule has 2 saturated heterocycles. The zero-order valence-corrected chi connectivity index (χ0v) is 28.4. The van der Waals surface area contributed by atoms with Crippen LogP contribution in [0.15, 0.2) is 48.5 Å². The van der Waals surface area contributed by atoms with Crippen LogP contribution in [0.1, 0.15) is 87.9 Å². The monoisotopic (exact) mass is 661 g/mol. The number of fused-ring (bicyclic) bond motifs is 1. The van der Waals surface area contributed by atoms with Crippen molar-refractivity contribution in [3.63, 3.8) is 0 Å². The molecule has 5 amide bonds. The van der Waals surface area contributed by atoms with E-state index in [-0.39, 0.29) is 29.2 Å². The minimum atomic E-state index is -0.919. The number of hydrogen-bond donors (Lipinski definition) is 3. The number of carbonyl (C=O) groups excluding carboxylic acids is 4. The van der Waals surface area contributed by atoms with Crippen molar-refractivity contribution in [1.82, 2.24) is 20.4 Å². The van der Waals surface area contributed by atoms with Crippen LogP contribution in [0.4, 0.5) is 4.79 Å². The quantitative estimate of drug-likeness (QED) is 0.338. The van der Waals surface area contributed by atoms with Crippen molar-refractivity contribution in [2.24, 2.45) is 23.0 Å². The van der Waals surface area contributed by atoms with Crippen LogP contribution in [-0.2, 0) is 27.2 Å². The van der Waals surface area contributed by atoms with Crippen LogP contribution in [0, 0.1) is 17.3 Å². The van der Waals surface area contributed by atoms with Gasteiger partial charge in [-0.2, -0.15) is 0 Å². The molecule has 2 aromatic rings. The third-order valence-corrected chi connectivity index (χ3v) is 11.6. The van der Waals surface area contributed by atoms with Crippen molar-refractivity contribution >= 4 is 35.4 Å². The second-order valence-corrected chi connectivity index (χ2v) is 15.2. The molecular formula is C37H48ClN5O4. The van der Waals surface area contributed by atoms with E-state index >= 15 is 0 Å². The molecule has 2 aromatic carbocycles. The number of benzene rings is 2. The van der Waals surface area contributed by atoms with Gasteiger partial charge < -0.3 is 21.3 Å². The Morgan fingerprint density at radius 1 is 1.00 bits per heavy atom. The number of rotatable bonds is 8. The number of halogens is 1. The standard InChI is InChI=1S/C37H48ClN5O4/c1-36(2)34(46)43(35(47)41-36)23-37(26-9-4-3-5-10-26)18-20-42(21-19-37)33(45)30(22-24-12-15-27(38)16-13-24)40-32(44)29-17-14-25-8-6-7-11-28(25)31(29)39/h6-8,11-13,15-16,26,29-31H,3-5,9-10,14,17-23,39H2,1-2H3,(H,40,44)(H,41,47)/t29?,30-,31?/m1/s1. The molecule has 2 aliphatic heterocycles. The second kappa shape index (κ2) is 13.6. The Bertz CT molecular complexity index is 1500. The maximum atomic E-state index is 14.3. The summed E-state index contributed by atoms with van der Waals surface area (Å²) in [5, 5.41) is 6.57. The van der Waals surface area contributed by atoms with Crippen LogP contribution < -0.4 is 16.4 Å². The van der Waals surface area contributed by atoms with Crippen molar-refractivity contribution in [2.75, 3.05) is 19.6 Å². The zero-order chi connectivity index (χ0) is 33.3. The van der Waals surface area contributed by atoms with Gasteiger partial charge in [0.2, 0.25) is 11.8 Å². The Hall–Kier alpha value is -3.43. The van der Waals surface area contributed by atoms with Crippen LogP contribution in [0.3, 0.4) is 0 Å². The fourth-order valence-corrected chi connectivity index (χ4v) is 8.63. The van der Waals surface area contributed by atoms with Crippen molar-refractivity contribution < 1.29 is 19.2 Å². The number of hydrogen-bond acceptors (Lipinski definition) is 5. The van der Waals surface area contributed by atoms with Crippen LogP contribution in [-0.4, -0.2) is 64.8 Å². The van der Waals surface area contributed by atoms with Crippen molar-refractivity contribution in [1.29, 1.82) is 0 Å². The molecule has 0 spiro atoms. The highest BCUT2D eigenvalue weighted by Gasteiger charge is 2.51. The number of nitrogens with one attached hydrogen (secondary N) is 2. The maximum Gasteiger partial charge on any atom is 0.325 e. The largest absolute Gasteiger partial charge is 0.344 e. The number of carbonyl (C=O) groups is 4. The first-order valence-corrected chi connectivity index (χ1v) is 17.7. The van der Waals surface area contributed by atoms with Crippen molar-refractivity contribution in [3.8, 4) is 0 Å². The van der Waals surface area contributed by atoms with Gasteiger partial charge >= 0.3 is 6.03 Å². The number of nitrogens with two attached hydrogens (primary N) is 1. The van der Waals surface area contributed by atoms with Crippen LogP contribution >= 0.6 is 11.6 Å². The summed E-state index contributed by atoms with van der Waals surface area (Å²) in [6.45, 7) is 4.88. The summed E-state index contributed by atoms with van der Waals surface area (Å²) in [6.07, 6.45) is 8.76. The molecule has 47 heavy (non-hydrogen) atoms. The fraction of sp³-hybridized carbons (Fsp3) is 0.568. The molecule has 3 atom stereocenters. The Labute approximate surface area is 282 Å². The molecule has 2 heterocycles. The molecule has 9 nitrogen and oxygen atoms in total. The average molecular weight is 662 g/mol. The molecule has 6 rings (SSSR count). The first kappa shape index (κ1) is 33.5. The molecule has 252 valence electrons. The van der Waals surface area contributed by atoms with E-state index in [1.165, 1.54) is 16.9 Å². The number of urea groups is 1. The highest BCUT2D eigenvalue weighted by atomic mass is 35.5. The van der Waals surface area contributed by atoms with Gasteiger partial charge in [-0.1, -0.05) is 67.3 Å².